The molecule has 1 aliphatic heterocycles. The highest BCUT2D eigenvalue weighted by Gasteiger charge is 2.36. The maximum atomic E-state index is 12.4. The number of hydrogen-bond acceptors (Lipinski definition) is 5. The van der Waals surface area contributed by atoms with Crippen molar-refractivity contribution in [3.8, 4) is 0 Å². The summed E-state index contributed by atoms with van der Waals surface area (Å²) in [4.78, 5) is 47.8. The largest absolute Gasteiger partial charge is 0.338 e. The van der Waals surface area contributed by atoms with Crippen LogP contribution in [0.2, 0.25) is 0 Å². The molecule has 144 valence electrons. The molecule has 9 nitrogen and oxygen atoms in total. The van der Waals surface area contributed by atoms with Gasteiger partial charge in [0, 0.05) is 34.5 Å². The van der Waals surface area contributed by atoms with Crippen LogP contribution < -0.4 is 10.6 Å². The molecule has 2 aromatic carbocycles. The summed E-state index contributed by atoms with van der Waals surface area (Å²) in [7, 11) is 0. The third kappa shape index (κ3) is 4.27. The fraction of sp³-hybridized carbons (Fsp3) is 0.167. The number of carbonyl (C=O) groups excluding carboxylic acids is 3. The Kier molecular flexibility index (Phi) is 5.87. The molecule has 0 spiro atoms. The van der Waals surface area contributed by atoms with Crippen molar-refractivity contribution in [2.75, 3.05) is 18.4 Å². The molecule has 0 aromatic heterocycles. The molecule has 0 bridgehead atoms. The number of carbonyl (C=O) groups is 3. The highest BCUT2D eigenvalue weighted by molar-refractivity contribution is 14.1. The lowest BCUT2D eigenvalue weighted by Crippen LogP contribution is -2.35. The Hall–Kier alpha value is -3.02. The van der Waals surface area contributed by atoms with Gasteiger partial charge in [0.1, 0.15) is 0 Å². The highest BCUT2D eigenvalue weighted by Crippen LogP contribution is 2.26. The van der Waals surface area contributed by atoms with E-state index in [9.17, 15) is 24.5 Å². The molecule has 0 saturated heterocycles. The zero-order valence-corrected chi connectivity index (χ0v) is 16.6. The van der Waals surface area contributed by atoms with Gasteiger partial charge in [0.2, 0.25) is 0 Å². The maximum Gasteiger partial charge on any atom is 0.319 e. The van der Waals surface area contributed by atoms with Gasteiger partial charge in [-0.1, -0.05) is 0 Å². The van der Waals surface area contributed by atoms with Gasteiger partial charge in [0.05, 0.1) is 16.1 Å². The first-order valence-corrected chi connectivity index (χ1v) is 9.40. The van der Waals surface area contributed by atoms with Gasteiger partial charge in [-0.2, -0.15) is 0 Å². The van der Waals surface area contributed by atoms with Gasteiger partial charge in [-0.3, -0.25) is 24.6 Å². The molecular formula is C18H15IN4O5. The molecule has 28 heavy (non-hydrogen) atoms. The molecule has 0 fully saturated rings. The molecule has 3 rings (SSSR count). The zero-order chi connectivity index (χ0) is 20.3. The molecule has 4 amide bonds. The standard InChI is InChI=1S/C18H15IN4O5/c19-11-2-4-12(5-3-11)21-18(26)20-8-1-9-22-16(24)14-7-6-13(23(27)28)10-15(14)17(22)25/h2-7,10H,1,8-9H2,(H2,20,21,26). The Morgan fingerprint density at radius 2 is 1.75 bits per heavy atom. The topological polar surface area (TPSA) is 122 Å². The van der Waals surface area contributed by atoms with E-state index in [4.69, 9.17) is 0 Å². The minimum Gasteiger partial charge on any atom is -0.338 e. The van der Waals surface area contributed by atoms with Crippen molar-refractivity contribution in [2.24, 2.45) is 0 Å². The Labute approximate surface area is 173 Å². The molecule has 0 atom stereocenters. The van der Waals surface area contributed by atoms with E-state index in [0.29, 0.717) is 12.1 Å². The van der Waals surface area contributed by atoms with Crippen LogP contribution in [-0.4, -0.2) is 40.8 Å². The summed E-state index contributed by atoms with van der Waals surface area (Å²) in [5.41, 5.74) is 0.596. The van der Waals surface area contributed by atoms with Crippen LogP contribution in [0.4, 0.5) is 16.2 Å². The fourth-order valence-electron chi connectivity index (χ4n) is 2.74. The van der Waals surface area contributed by atoms with E-state index < -0.39 is 16.7 Å². The van der Waals surface area contributed by atoms with Crippen molar-refractivity contribution < 1.29 is 19.3 Å². The first-order valence-electron chi connectivity index (χ1n) is 8.32. The molecule has 0 aliphatic carbocycles. The van der Waals surface area contributed by atoms with E-state index in [1.54, 1.807) is 12.1 Å². The van der Waals surface area contributed by atoms with Crippen LogP contribution in [0.5, 0.6) is 0 Å². The maximum absolute atomic E-state index is 12.4. The van der Waals surface area contributed by atoms with Crippen LogP contribution in [0.15, 0.2) is 42.5 Å². The lowest BCUT2D eigenvalue weighted by atomic mass is 10.1. The minimum atomic E-state index is -0.614. The van der Waals surface area contributed by atoms with Gasteiger partial charge in [-0.25, -0.2) is 4.79 Å². The average molecular weight is 494 g/mol. The van der Waals surface area contributed by atoms with E-state index in [1.807, 2.05) is 12.1 Å². The molecule has 2 N–H and O–H groups in total. The van der Waals surface area contributed by atoms with Crippen molar-refractivity contribution in [3.05, 3.63) is 67.3 Å². The van der Waals surface area contributed by atoms with E-state index >= 15 is 0 Å². The fourth-order valence-corrected chi connectivity index (χ4v) is 3.10. The summed E-state index contributed by atoms with van der Waals surface area (Å²) >= 11 is 2.16. The van der Waals surface area contributed by atoms with Crippen LogP contribution in [0.25, 0.3) is 0 Å². The van der Waals surface area contributed by atoms with Crippen molar-refractivity contribution in [1.29, 1.82) is 0 Å². The van der Waals surface area contributed by atoms with E-state index in [1.165, 1.54) is 12.1 Å². The van der Waals surface area contributed by atoms with Crippen molar-refractivity contribution >= 4 is 51.8 Å². The van der Waals surface area contributed by atoms with Crippen molar-refractivity contribution in [3.63, 3.8) is 0 Å². The second-order valence-electron chi connectivity index (χ2n) is 5.99. The van der Waals surface area contributed by atoms with E-state index in [-0.39, 0.29) is 35.9 Å². The molecule has 0 unspecified atom stereocenters. The van der Waals surface area contributed by atoms with Crippen LogP contribution >= 0.6 is 22.6 Å². The predicted molar refractivity (Wildman–Crippen MR) is 109 cm³/mol. The van der Waals surface area contributed by atoms with Gasteiger partial charge >= 0.3 is 6.03 Å². The van der Waals surface area contributed by atoms with Crippen LogP contribution in [0.3, 0.4) is 0 Å². The third-order valence-corrected chi connectivity index (χ3v) is 4.83. The summed E-state index contributed by atoms with van der Waals surface area (Å²) in [5, 5.41) is 16.2. The predicted octanol–water partition coefficient (Wildman–Crippen LogP) is 3.01. The monoisotopic (exact) mass is 494 g/mol. The average Bonchev–Trinajstić information content (AvgIpc) is 2.91. The summed E-state index contributed by atoms with van der Waals surface area (Å²) in [6.45, 7) is 0.355. The number of anilines is 1. The Bertz CT molecular complexity index is 961. The number of imide groups is 1. The zero-order valence-electron chi connectivity index (χ0n) is 14.5. The number of fused-ring (bicyclic) bond motifs is 1. The number of urea groups is 1. The van der Waals surface area contributed by atoms with Gasteiger partial charge < -0.3 is 10.6 Å². The molecule has 10 heteroatoms. The number of nitrogens with zero attached hydrogens (tertiary/aromatic N) is 2. The summed E-state index contributed by atoms with van der Waals surface area (Å²) in [6.07, 6.45) is 0.355. The van der Waals surface area contributed by atoms with Gasteiger partial charge in [0.15, 0.2) is 0 Å². The van der Waals surface area contributed by atoms with Crippen LogP contribution in [-0.2, 0) is 0 Å². The summed E-state index contributed by atoms with van der Waals surface area (Å²) in [5.74, 6) is -1.05. The Balaban J connectivity index is 1.50. The summed E-state index contributed by atoms with van der Waals surface area (Å²) in [6, 6.07) is 10.5. The van der Waals surface area contributed by atoms with Gasteiger partial charge in [-0.15, -0.1) is 0 Å². The smallest absolute Gasteiger partial charge is 0.319 e. The van der Waals surface area contributed by atoms with Crippen LogP contribution in [0.1, 0.15) is 27.1 Å². The lowest BCUT2D eigenvalue weighted by Gasteiger charge is -2.14. The van der Waals surface area contributed by atoms with Crippen molar-refractivity contribution in [1.82, 2.24) is 10.2 Å². The first kappa shape index (κ1) is 19.7. The second-order valence-corrected chi connectivity index (χ2v) is 7.24. The molecule has 2 aromatic rings. The number of nitro groups is 1. The number of amides is 4. The molecule has 0 saturated carbocycles. The second kappa shape index (κ2) is 8.33. The van der Waals surface area contributed by atoms with Gasteiger partial charge in [0.25, 0.3) is 17.5 Å². The van der Waals surface area contributed by atoms with E-state index in [0.717, 1.165) is 14.5 Å². The number of nitrogens with one attached hydrogen (secondary N) is 2. The minimum absolute atomic E-state index is 0.0311. The Morgan fingerprint density at radius 3 is 2.43 bits per heavy atom. The van der Waals surface area contributed by atoms with E-state index in [2.05, 4.69) is 33.2 Å². The highest BCUT2D eigenvalue weighted by atomic mass is 127. The molecule has 0 radical (unpaired) electrons. The SMILES string of the molecule is O=C(NCCCN1C(=O)c2ccc([N+](=O)[O-])cc2C1=O)Nc1ccc(I)cc1. The Morgan fingerprint density at radius 1 is 1.07 bits per heavy atom. The number of rotatable bonds is 6. The molecular weight excluding hydrogens is 479 g/mol. The molecule has 1 heterocycles. The normalized spacial score (nSPS) is 12.7. The number of non-ortho nitro benzene ring substituents is 1. The van der Waals surface area contributed by atoms with Crippen LogP contribution in [0, 0.1) is 13.7 Å². The summed E-state index contributed by atoms with van der Waals surface area (Å²) < 4.78 is 1.05. The lowest BCUT2D eigenvalue weighted by molar-refractivity contribution is -0.384. The number of halogens is 1. The number of hydrogen-bond donors (Lipinski definition) is 2. The van der Waals surface area contributed by atoms with Gasteiger partial charge in [-0.05, 0) is 59.3 Å². The van der Waals surface area contributed by atoms with Crippen molar-refractivity contribution in [2.45, 2.75) is 6.42 Å². The third-order valence-electron chi connectivity index (χ3n) is 4.11. The first-order chi connectivity index (χ1) is 13.4. The number of benzene rings is 2. The molecule has 1 aliphatic rings. The number of nitro benzene ring substituents is 1. The quantitative estimate of drug-likeness (QED) is 0.210.